The lowest BCUT2D eigenvalue weighted by Gasteiger charge is -2.11. The van der Waals surface area contributed by atoms with Crippen LogP contribution < -0.4 is 10.6 Å². The fourth-order valence-corrected chi connectivity index (χ4v) is 3.28. The summed E-state index contributed by atoms with van der Waals surface area (Å²) in [6, 6.07) is 8.03. The van der Waals surface area contributed by atoms with Gasteiger partial charge in [0.2, 0.25) is 5.13 Å². The highest BCUT2D eigenvalue weighted by atomic mass is 32.1. The van der Waals surface area contributed by atoms with E-state index in [9.17, 15) is 0 Å². The van der Waals surface area contributed by atoms with Gasteiger partial charge in [0, 0.05) is 25.2 Å². The molecule has 1 aliphatic rings. The first-order valence-corrected chi connectivity index (χ1v) is 7.55. The van der Waals surface area contributed by atoms with Crippen molar-refractivity contribution in [1.82, 2.24) is 10.2 Å². The largest absolute Gasteiger partial charge is 0.399 e. The zero-order valence-corrected chi connectivity index (χ0v) is 11.7. The smallest absolute Gasteiger partial charge is 0.208 e. The van der Waals surface area contributed by atoms with Gasteiger partial charge in [-0.1, -0.05) is 29.5 Å². The van der Waals surface area contributed by atoms with E-state index in [1.54, 1.807) is 11.3 Å². The first-order chi connectivity index (χ1) is 9.33. The molecule has 1 aromatic carbocycles. The van der Waals surface area contributed by atoms with Crippen molar-refractivity contribution in [1.29, 1.82) is 0 Å². The molecule has 0 radical (unpaired) electrons. The van der Waals surface area contributed by atoms with Gasteiger partial charge in [0.1, 0.15) is 5.01 Å². The number of benzene rings is 1. The third kappa shape index (κ3) is 2.87. The number of para-hydroxylation sites is 1. The molecule has 5 heteroatoms. The second-order valence-corrected chi connectivity index (χ2v) is 5.91. The highest BCUT2D eigenvalue weighted by molar-refractivity contribution is 7.15. The number of hydrogen-bond donors (Lipinski definition) is 1. The Balaban J connectivity index is 1.63. The second-order valence-electron chi connectivity index (χ2n) is 4.87. The summed E-state index contributed by atoms with van der Waals surface area (Å²) in [5.74, 6) is 0. The zero-order valence-electron chi connectivity index (χ0n) is 10.9. The van der Waals surface area contributed by atoms with Crippen LogP contribution in [0.1, 0.15) is 23.4 Å². The summed E-state index contributed by atoms with van der Waals surface area (Å²) in [4.78, 5) is 2.33. The molecule has 0 spiro atoms. The van der Waals surface area contributed by atoms with Gasteiger partial charge in [0.15, 0.2) is 0 Å². The third-order valence-corrected chi connectivity index (χ3v) is 4.54. The van der Waals surface area contributed by atoms with Gasteiger partial charge in [-0.3, -0.25) is 0 Å². The van der Waals surface area contributed by atoms with Crippen molar-refractivity contribution in [2.24, 2.45) is 0 Å². The summed E-state index contributed by atoms with van der Waals surface area (Å²) in [5, 5.41) is 10.8. The average Bonchev–Trinajstić information content (AvgIpc) is 3.09. The van der Waals surface area contributed by atoms with Crippen LogP contribution >= 0.6 is 11.3 Å². The zero-order chi connectivity index (χ0) is 13.1. The van der Waals surface area contributed by atoms with E-state index in [1.807, 2.05) is 18.2 Å². The van der Waals surface area contributed by atoms with Gasteiger partial charge < -0.3 is 10.6 Å². The number of anilines is 2. The van der Waals surface area contributed by atoms with E-state index in [4.69, 9.17) is 5.73 Å². The van der Waals surface area contributed by atoms with E-state index in [2.05, 4.69) is 21.2 Å². The Morgan fingerprint density at radius 2 is 1.89 bits per heavy atom. The molecule has 3 rings (SSSR count). The number of aryl methyl sites for hydroxylation is 2. The molecule has 4 nitrogen and oxygen atoms in total. The quantitative estimate of drug-likeness (QED) is 0.870. The Kier molecular flexibility index (Phi) is 3.64. The summed E-state index contributed by atoms with van der Waals surface area (Å²) in [6.45, 7) is 2.25. The summed E-state index contributed by atoms with van der Waals surface area (Å²) >= 11 is 1.72. The van der Waals surface area contributed by atoms with Crippen molar-refractivity contribution in [3.05, 3.63) is 34.8 Å². The fraction of sp³-hybridized carbons (Fsp3) is 0.429. The first-order valence-electron chi connectivity index (χ1n) is 6.73. The van der Waals surface area contributed by atoms with Gasteiger partial charge in [0.05, 0.1) is 0 Å². The normalized spacial score (nSPS) is 15.1. The molecule has 0 atom stereocenters. The van der Waals surface area contributed by atoms with Gasteiger partial charge in [-0.15, -0.1) is 10.2 Å². The maximum atomic E-state index is 5.95. The van der Waals surface area contributed by atoms with Gasteiger partial charge in [-0.25, -0.2) is 0 Å². The molecule has 1 fully saturated rings. The summed E-state index contributed by atoms with van der Waals surface area (Å²) in [7, 11) is 0. The van der Waals surface area contributed by atoms with Crippen molar-refractivity contribution in [2.45, 2.75) is 25.7 Å². The van der Waals surface area contributed by atoms with Crippen LogP contribution in [-0.4, -0.2) is 23.3 Å². The fourth-order valence-electron chi connectivity index (χ4n) is 2.39. The molecule has 0 bridgehead atoms. The number of rotatable bonds is 4. The number of hydrogen-bond acceptors (Lipinski definition) is 5. The molecule has 19 heavy (non-hydrogen) atoms. The van der Waals surface area contributed by atoms with Crippen molar-refractivity contribution in [3.8, 4) is 0 Å². The molecular weight excluding hydrogens is 256 g/mol. The number of nitrogens with zero attached hydrogens (tertiary/aromatic N) is 3. The van der Waals surface area contributed by atoms with Gasteiger partial charge in [-0.2, -0.15) is 0 Å². The molecule has 1 aliphatic heterocycles. The molecule has 0 aliphatic carbocycles. The molecule has 2 N–H and O–H groups in total. The number of nitrogen functional groups attached to an aromatic ring is 1. The maximum absolute atomic E-state index is 5.95. The molecule has 2 heterocycles. The van der Waals surface area contributed by atoms with E-state index in [1.165, 1.54) is 18.4 Å². The Labute approximate surface area is 117 Å². The Bertz CT molecular complexity index is 546. The van der Waals surface area contributed by atoms with Crippen molar-refractivity contribution in [2.75, 3.05) is 23.7 Å². The Morgan fingerprint density at radius 3 is 2.68 bits per heavy atom. The van der Waals surface area contributed by atoms with E-state index < -0.39 is 0 Å². The molecule has 1 aromatic heterocycles. The number of aromatic nitrogens is 2. The van der Waals surface area contributed by atoms with Crippen molar-refractivity contribution >= 4 is 22.2 Å². The molecule has 0 unspecified atom stereocenters. The van der Waals surface area contributed by atoms with Crippen LogP contribution in [0, 0.1) is 0 Å². The minimum Gasteiger partial charge on any atom is -0.399 e. The van der Waals surface area contributed by atoms with Crippen LogP contribution in [0.15, 0.2) is 24.3 Å². The topological polar surface area (TPSA) is 55.0 Å². The molecule has 0 saturated carbocycles. The summed E-state index contributed by atoms with van der Waals surface area (Å²) < 4.78 is 0. The van der Waals surface area contributed by atoms with Crippen LogP contribution in [-0.2, 0) is 12.8 Å². The Morgan fingerprint density at radius 1 is 1.11 bits per heavy atom. The highest BCUT2D eigenvalue weighted by Crippen LogP contribution is 2.25. The van der Waals surface area contributed by atoms with E-state index >= 15 is 0 Å². The van der Waals surface area contributed by atoms with Crippen LogP contribution in [0.4, 0.5) is 10.8 Å². The standard InChI is InChI=1S/C14H18N4S/c15-12-6-2-1-5-11(12)7-8-13-16-17-14(19-13)18-9-3-4-10-18/h1-2,5-6H,3-4,7-10,15H2. The van der Waals surface area contributed by atoms with Crippen LogP contribution in [0.5, 0.6) is 0 Å². The monoisotopic (exact) mass is 274 g/mol. The lowest BCUT2D eigenvalue weighted by Crippen LogP contribution is -2.17. The minimum atomic E-state index is 0.867. The minimum absolute atomic E-state index is 0.867. The van der Waals surface area contributed by atoms with Crippen LogP contribution in [0.25, 0.3) is 0 Å². The summed E-state index contributed by atoms with van der Waals surface area (Å²) in [6.07, 6.45) is 4.39. The second kappa shape index (κ2) is 5.57. The van der Waals surface area contributed by atoms with Gasteiger partial charge in [0.25, 0.3) is 0 Å². The van der Waals surface area contributed by atoms with Gasteiger partial charge in [-0.05, 0) is 30.9 Å². The van der Waals surface area contributed by atoms with Gasteiger partial charge >= 0.3 is 0 Å². The third-order valence-electron chi connectivity index (χ3n) is 3.50. The van der Waals surface area contributed by atoms with E-state index in [0.717, 1.165) is 41.8 Å². The van der Waals surface area contributed by atoms with Crippen molar-refractivity contribution in [3.63, 3.8) is 0 Å². The van der Waals surface area contributed by atoms with E-state index in [-0.39, 0.29) is 0 Å². The summed E-state index contributed by atoms with van der Waals surface area (Å²) in [5.41, 5.74) is 8.01. The number of nitrogens with two attached hydrogens (primary N) is 1. The van der Waals surface area contributed by atoms with Crippen molar-refractivity contribution < 1.29 is 0 Å². The van der Waals surface area contributed by atoms with Crippen LogP contribution in [0.3, 0.4) is 0 Å². The lowest BCUT2D eigenvalue weighted by molar-refractivity contribution is 0.884. The Hall–Kier alpha value is -1.62. The maximum Gasteiger partial charge on any atom is 0.208 e. The predicted molar refractivity (Wildman–Crippen MR) is 79.6 cm³/mol. The molecular formula is C14H18N4S. The molecule has 2 aromatic rings. The first kappa shape index (κ1) is 12.4. The van der Waals surface area contributed by atoms with E-state index in [0.29, 0.717) is 0 Å². The molecule has 100 valence electrons. The predicted octanol–water partition coefficient (Wildman–Crippen LogP) is 2.51. The lowest BCUT2D eigenvalue weighted by atomic mass is 10.1. The highest BCUT2D eigenvalue weighted by Gasteiger charge is 2.16. The molecule has 1 saturated heterocycles. The SMILES string of the molecule is Nc1ccccc1CCc1nnc(N2CCCC2)s1. The molecule has 0 amide bonds. The average molecular weight is 274 g/mol. The van der Waals surface area contributed by atoms with Crippen LogP contribution in [0.2, 0.25) is 0 Å².